The molecule has 0 unspecified atom stereocenters. The third-order valence-corrected chi connectivity index (χ3v) is 1.71. The first kappa shape index (κ1) is 8.15. The van der Waals surface area contributed by atoms with Crippen LogP contribution < -0.4 is 5.32 Å². The summed E-state index contributed by atoms with van der Waals surface area (Å²) >= 11 is 5.78. The second kappa shape index (κ2) is 3.44. The van der Waals surface area contributed by atoms with Crippen molar-refractivity contribution in [3.8, 4) is 0 Å². The molecule has 1 aromatic carbocycles. The summed E-state index contributed by atoms with van der Waals surface area (Å²) in [6, 6.07) is 7.58. The molecule has 0 spiro atoms. The van der Waals surface area contributed by atoms with Gasteiger partial charge in [0.05, 0.1) is 0 Å². The van der Waals surface area contributed by atoms with E-state index in [-0.39, 0.29) is 0 Å². The number of halogens is 1. The van der Waals surface area contributed by atoms with Crippen molar-refractivity contribution >= 4 is 17.3 Å². The molecule has 0 aliphatic carbocycles. The molecular formula is C9H10ClN. The van der Waals surface area contributed by atoms with Gasteiger partial charge in [0.1, 0.15) is 0 Å². The Morgan fingerprint density at radius 2 is 2.27 bits per heavy atom. The summed E-state index contributed by atoms with van der Waals surface area (Å²) in [5.41, 5.74) is 1.91. The fraction of sp³-hybridized carbons (Fsp3) is 0.111. The van der Waals surface area contributed by atoms with Gasteiger partial charge in [0.25, 0.3) is 0 Å². The molecule has 1 nitrogen and oxygen atoms in total. The van der Waals surface area contributed by atoms with Gasteiger partial charge >= 0.3 is 0 Å². The maximum absolute atomic E-state index is 5.78. The minimum absolute atomic E-state index is 0.735. The molecule has 1 aromatic rings. The van der Waals surface area contributed by atoms with Gasteiger partial charge in [-0.3, -0.25) is 0 Å². The summed E-state index contributed by atoms with van der Waals surface area (Å²) in [5.74, 6) is 0. The Hall–Kier alpha value is -0.950. The fourth-order valence-electron chi connectivity index (χ4n) is 0.821. The van der Waals surface area contributed by atoms with E-state index in [9.17, 15) is 0 Å². The minimum atomic E-state index is 0.735. The lowest BCUT2D eigenvalue weighted by Crippen LogP contribution is -2.02. The standard InChI is InChI=1S/C9H10ClN/c1-7(11-2)8-4-3-5-9(10)6-8/h3-6,11H,1H2,2H3. The maximum atomic E-state index is 5.78. The Kier molecular flexibility index (Phi) is 2.55. The topological polar surface area (TPSA) is 12.0 Å². The van der Waals surface area contributed by atoms with Crippen LogP contribution in [0.1, 0.15) is 5.56 Å². The van der Waals surface area contributed by atoms with E-state index in [2.05, 4.69) is 11.9 Å². The van der Waals surface area contributed by atoms with Crippen molar-refractivity contribution < 1.29 is 0 Å². The van der Waals surface area contributed by atoms with Gasteiger partial charge in [-0.25, -0.2) is 0 Å². The van der Waals surface area contributed by atoms with Crippen LogP contribution in [-0.2, 0) is 0 Å². The molecule has 0 radical (unpaired) electrons. The van der Waals surface area contributed by atoms with Gasteiger partial charge in [0, 0.05) is 17.8 Å². The molecule has 11 heavy (non-hydrogen) atoms. The fourth-order valence-corrected chi connectivity index (χ4v) is 1.01. The smallest absolute Gasteiger partial charge is 0.0412 e. The van der Waals surface area contributed by atoms with Crippen molar-refractivity contribution in [3.05, 3.63) is 41.4 Å². The number of benzene rings is 1. The number of hydrogen-bond acceptors (Lipinski definition) is 1. The van der Waals surface area contributed by atoms with Crippen molar-refractivity contribution in [2.75, 3.05) is 7.05 Å². The molecule has 0 aliphatic rings. The van der Waals surface area contributed by atoms with E-state index < -0.39 is 0 Å². The molecule has 58 valence electrons. The lowest BCUT2D eigenvalue weighted by molar-refractivity contribution is 1.13. The highest BCUT2D eigenvalue weighted by atomic mass is 35.5. The summed E-state index contributed by atoms with van der Waals surface area (Å²) in [4.78, 5) is 0. The van der Waals surface area contributed by atoms with E-state index in [0.717, 1.165) is 16.3 Å². The van der Waals surface area contributed by atoms with E-state index >= 15 is 0 Å². The molecule has 0 bridgehead atoms. The van der Waals surface area contributed by atoms with Gasteiger partial charge in [0.15, 0.2) is 0 Å². The van der Waals surface area contributed by atoms with E-state index in [1.54, 1.807) is 0 Å². The minimum Gasteiger partial charge on any atom is -0.388 e. The highest BCUT2D eigenvalue weighted by Crippen LogP contribution is 2.14. The lowest BCUT2D eigenvalue weighted by atomic mass is 10.2. The third-order valence-electron chi connectivity index (χ3n) is 1.47. The first-order valence-corrected chi connectivity index (χ1v) is 3.74. The number of rotatable bonds is 2. The Bertz CT molecular complexity index is 268. The maximum Gasteiger partial charge on any atom is 0.0412 e. The Labute approximate surface area is 71.7 Å². The van der Waals surface area contributed by atoms with Crippen LogP contribution in [0.4, 0.5) is 0 Å². The molecule has 0 saturated heterocycles. The van der Waals surface area contributed by atoms with Crippen molar-refractivity contribution in [1.82, 2.24) is 5.32 Å². The predicted molar refractivity (Wildman–Crippen MR) is 49.5 cm³/mol. The van der Waals surface area contributed by atoms with Gasteiger partial charge < -0.3 is 5.32 Å². The van der Waals surface area contributed by atoms with Crippen molar-refractivity contribution in [2.45, 2.75) is 0 Å². The first-order chi connectivity index (χ1) is 5.24. The zero-order valence-electron chi connectivity index (χ0n) is 6.39. The van der Waals surface area contributed by atoms with Crippen LogP contribution in [0.3, 0.4) is 0 Å². The Balaban J connectivity index is 2.96. The highest BCUT2D eigenvalue weighted by Gasteiger charge is 1.94. The molecule has 0 aliphatic heterocycles. The summed E-state index contributed by atoms with van der Waals surface area (Å²) in [7, 11) is 1.84. The number of hydrogen-bond donors (Lipinski definition) is 1. The zero-order chi connectivity index (χ0) is 8.27. The SMILES string of the molecule is C=C(NC)c1cccc(Cl)c1. The molecule has 0 atom stereocenters. The zero-order valence-corrected chi connectivity index (χ0v) is 7.15. The Morgan fingerprint density at radius 3 is 2.82 bits per heavy atom. The normalized spacial score (nSPS) is 9.27. The molecule has 2 heteroatoms. The molecule has 1 N–H and O–H groups in total. The molecule has 0 amide bonds. The van der Waals surface area contributed by atoms with Crippen LogP contribution in [0.5, 0.6) is 0 Å². The number of nitrogens with one attached hydrogen (secondary N) is 1. The van der Waals surface area contributed by atoms with E-state index in [4.69, 9.17) is 11.6 Å². The first-order valence-electron chi connectivity index (χ1n) is 3.36. The lowest BCUT2D eigenvalue weighted by Gasteiger charge is -2.03. The molecular weight excluding hydrogens is 158 g/mol. The second-order valence-corrected chi connectivity index (χ2v) is 2.68. The average Bonchev–Trinajstić information content (AvgIpc) is 2.03. The highest BCUT2D eigenvalue weighted by molar-refractivity contribution is 6.30. The van der Waals surface area contributed by atoms with Gasteiger partial charge in [-0.1, -0.05) is 30.3 Å². The molecule has 0 fully saturated rings. The Morgan fingerprint density at radius 1 is 1.55 bits per heavy atom. The van der Waals surface area contributed by atoms with Crippen molar-refractivity contribution in [3.63, 3.8) is 0 Å². The van der Waals surface area contributed by atoms with Crippen LogP contribution in [0.2, 0.25) is 5.02 Å². The van der Waals surface area contributed by atoms with Gasteiger partial charge in [-0.05, 0) is 17.7 Å². The van der Waals surface area contributed by atoms with E-state index in [1.165, 1.54) is 0 Å². The van der Waals surface area contributed by atoms with Crippen LogP contribution in [0, 0.1) is 0 Å². The quantitative estimate of drug-likeness (QED) is 0.714. The largest absolute Gasteiger partial charge is 0.388 e. The van der Waals surface area contributed by atoms with E-state index in [0.29, 0.717) is 0 Å². The third kappa shape index (κ3) is 1.99. The van der Waals surface area contributed by atoms with Gasteiger partial charge in [0.2, 0.25) is 0 Å². The van der Waals surface area contributed by atoms with Gasteiger partial charge in [-0.2, -0.15) is 0 Å². The molecule has 0 aromatic heterocycles. The summed E-state index contributed by atoms with van der Waals surface area (Å²) in [6.45, 7) is 3.81. The van der Waals surface area contributed by atoms with Crippen molar-refractivity contribution in [2.24, 2.45) is 0 Å². The monoisotopic (exact) mass is 167 g/mol. The summed E-state index contributed by atoms with van der Waals surface area (Å²) in [6.07, 6.45) is 0. The van der Waals surface area contributed by atoms with Crippen LogP contribution in [0.25, 0.3) is 5.70 Å². The van der Waals surface area contributed by atoms with E-state index in [1.807, 2.05) is 31.3 Å². The predicted octanol–water partition coefficient (Wildman–Crippen LogP) is 2.53. The summed E-state index contributed by atoms with van der Waals surface area (Å²) in [5, 5.41) is 3.69. The van der Waals surface area contributed by atoms with Crippen LogP contribution >= 0.6 is 11.6 Å². The van der Waals surface area contributed by atoms with Crippen molar-refractivity contribution in [1.29, 1.82) is 0 Å². The molecule has 0 heterocycles. The molecule has 1 rings (SSSR count). The average molecular weight is 168 g/mol. The van der Waals surface area contributed by atoms with Crippen LogP contribution in [-0.4, -0.2) is 7.05 Å². The second-order valence-electron chi connectivity index (χ2n) is 2.24. The van der Waals surface area contributed by atoms with Crippen LogP contribution in [0.15, 0.2) is 30.8 Å². The van der Waals surface area contributed by atoms with Gasteiger partial charge in [-0.15, -0.1) is 0 Å². The summed E-state index contributed by atoms with van der Waals surface area (Å²) < 4.78 is 0. The molecule has 0 saturated carbocycles.